The first-order valence-corrected chi connectivity index (χ1v) is 16.7. The second-order valence-corrected chi connectivity index (χ2v) is 16.7. The van der Waals surface area contributed by atoms with Gasteiger partial charge in [0, 0.05) is 6.42 Å². The standard InChI is InChI=1S/C37H53NO4/c1-21(2)29-26(39)20-37(32(38)42)19-18-35(6)25(30(29)37)12-13-28-34(5)16-14-24(22-8-10-23(11-9-22)31(40)41)33(3,4)27(34)15-17-36(28,35)7/h8,14,21,23,25,27-28H,9-13,15-20H2,1-7H3,(H2,38,42)(H,40,41)/t23?,25-,27+,28-,34+,35-,36-,37-/m1/s1. The highest BCUT2D eigenvalue weighted by Gasteiger charge is 2.70. The van der Waals surface area contributed by atoms with Crippen molar-refractivity contribution in [3.63, 3.8) is 0 Å². The topological polar surface area (TPSA) is 97.5 Å². The molecule has 5 nitrogen and oxygen atoms in total. The van der Waals surface area contributed by atoms with E-state index in [1.165, 1.54) is 24.0 Å². The molecule has 5 heteroatoms. The van der Waals surface area contributed by atoms with Gasteiger partial charge in [-0.1, -0.05) is 60.6 Å². The number of hydrogen-bond donors (Lipinski definition) is 2. The molecular formula is C37H53NO4. The summed E-state index contributed by atoms with van der Waals surface area (Å²) in [6.45, 7) is 16.8. The molecule has 6 aliphatic carbocycles. The number of primary amides is 1. The molecule has 0 aromatic heterocycles. The van der Waals surface area contributed by atoms with Crippen LogP contribution in [0.4, 0.5) is 0 Å². The predicted octanol–water partition coefficient (Wildman–Crippen LogP) is 7.80. The van der Waals surface area contributed by atoms with Crippen LogP contribution in [-0.2, 0) is 14.4 Å². The molecule has 3 N–H and O–H groups in total. The molecule has 0 spiro atoms. The Morgan fingerprint density at radius 2 is 1.64 bits per heavy atom. The Labute approximate surface area is 252 Å². The van der Waals surface area contributed by atoms with E-state index in [9.17, 15) is 19.5 Å². The van der Waals surface area contributed by atoms with Gasteiger partial charge in [-0.3, -0.25) is 14.4 Å². The first-order chi connectivity index (χ1) is 19.5. The SMILES string of the molecule is CC(C)C1=C2[C@H]3CC[C@@H]4[C@@]5(C)CC=C(C6=CCC(C(=O)O)CC6)C(C)(C)[C@@H]5CC[C@@]4(C)[C@]3(C)CC[C@@]2(C(N)=O)CC1=O. The van der Waals surface area contributed by atoms with E-state index in [-0.39, 0.29) is 57.5 Å². The second kappa shape index (κ2) is 9.41. The van der Waals surface area contributed by atoms with Crippen LogP contribution in [0.2, 0.25) is 0 Å². The number of carboxylic acids is 1. The molecule has 1 unspecified atom stereocenters. The summed E-state index contributed by atoms with van der Waals surface area (Å²) >= 11 is 0. The van der Waals surface area contributed by atoms with Gasteiger partial charge in [-0.2, -0.15) is 0 Å². The molecule has 230 valence electrons. The van der Waals surface area contributed by atoms with Crippen molar-refractivity contribution in [3.8, 4) is 0 Å². The minimum atomic E-state index is -0.775. The Kier molecular flexibility index (Phi) is 6.70. The third-order valence-corrected chi connectivity index (χ3v) is 14.6. The number of allylic oxidation sites excluding steroid dienone is 5. The number of rotatable bonds is 4. The largest absolute Gasteiger partial charge is 0.481 e. The molecule has 1 amide bonds. The molecule has 3 saturated carbocycles. The van der Waals surface area contributed by atoms with Crippen molar-refractivity contribution in [2.45, 2.75) is 119 Å². The third kappa shape index (κ3) is 3.70. The van der Waals surface area contributed by atoms with Crippen molar-refractivity contribution in [2.75, 3.05) is 0 Å². The van der Waals surface area contributed by atoms with Gasteiger partial charge in [0.1, 0.15) is 0 Å². The quantitative estimate of drug-likeness (QED) is 0.357. The molecule has 6 rings (SSSR count). The predicted molar refractivity (Wildman–Crippen MR) is 165 cm³/mol. The number of carbonyl (C=O) groups is 3. The van der Waals surface area contributed by atoms with Crippen LogP contribution in [-0.4, -0.2) is 22.8 Å². The minimum absolute atomic E-state index is 0.0226. The normalized spacial score (nSPS) is 44.4. The van der Waals surface area contributed by atoms with Crippen molar-refractivity contribution in [1.29, 1.82) is 0 Å². The monoisotopic (exact) mass is 575 g/mol. The number of fused-ring (bicyclic) bond motifs is 7. The third-order valence-electron chi connectivity index (χ3n) is 14.6. The molecule has 0 aromatic rings. The number of amides is 1. The van der Waals surface area contributed by atoms with Crippen molar-refractivity contribution in [2.24, 2.45) is 62.4 Å². The minimum Gasteiger partial charge on any atom is -0.481 e. The van der Waals surface area contributed by atoms with Crippen LogP contribution in [0.25, 0.3) is 0 Å². The van der Waals surface area contributed by atoms with Gasteiger partial charge in [-0.05, 0) is 132 Å². The van der Waals surface area contributed by atoms with Gasteiger partial charge in [-0.25, -0.2) is 0 Å². The molecule has 42 heavy (non-hydrogen) atoms. The molecule has 0 saturated heterocycles. The van der Waals surface area contributed by atoms with Crippen LogP contribution >= 0.6 is 0 Å². The van der Waals surface area contributed by atoms with Crippen molar-refractivity contribution >= 4 is 17.7 Å². The van der Waals surface area contributed by atoms with Gasteiger partial charge in [0.25, 0.3) is 0 Å². The lowest BCUT2D eigenvalue weighted by molar-refractivity contribution is -0.199. The molecule has 0 aliphatic heterocycles. The maximum atomic E-state index is 13.5. The highest BCUT2D eigenvalue weighted by Crippen LogP contribution is 2.76. The zero-order chi connectivity index (χ0) is 30.6. The van der Waals surface area contributed by atoms with Crippen LogP contribution in [0.15, 0.2) is 34.4 Å². The number of Topliss-reactive ketones (excluding diaryl/α,β-unsaturated/α-hetero) is 1. The molecule has 0 radical (unpaired) electrons. The average molecular weight is 576 g/mol. The number of nitrogens with two attached hydrogens (primary N) is 1. The Morgan fingerprint density at radius 1 is 0.929 bits per heavy atom. The van der Waals surface area contributed by atoms with Crippen molar-refractivity contribution in [3.05, 3.63) is 34.4 Å². The summed E-state index contributed by atoms with van der Waals surface area (Å²) in [4.78, 5) is 38.2. The van der Waals surface area contributed by atoms with E-state index >= 15 is 0 Å². The van der Waals surface area contributed by atoms with E-state index in [0.29, 0.717) is 24.7 Å². The smallest absolute Gasteiger partial charge is 0.306 e. The number of ketones is 1. The fourth-order valence-electron chi connectivity index (χ4n) is 12.4. The number of carboxylic acid groups (broad SMARTS) is 1. The highest BCUT2D eigenvalue weighted by molar-refractivity contribution is 6.06. The van der Waals surface area contributed by atoms with Crippen LogP contribution in [0.3, 0.4) is 0 Å². The number of carbonyl (C=O) groups excluding carboxylic acids is 2. The van der Waals surface area contributed by atoms with E-state index in [1.807, 2.05) is 0 Å². The van der Waals surface area contributed by atoms with Gasteiger partial charge in [-0.15, -0.1) is 0 Å². The highest BCUT2D eigenvalue weighted by atomic mass is 16.4. The van der Waals surface area contributed by atoms with Crippen LogP contribution in [0.5, 0.6) is 0 Å². The average Bonchev–Trinajstić information content (AvgIpc) is 3.22. The first kappa shape index (κ1) is 29.9. The number of hydrogen-bond acceptors (Lipinski definition) is 3. The fourth-order valence-corrected chi connectivity index (χ4v) is 12.4. The van der Waals surface area contributed by atoms with Crippen LogP contribution in [0, 0.1) is 56.7 Å². The Morgan fingerprint density at radius 3 is 2.24 bits per heavy atom. The lowest BCUT2D eigenvalue weighted by Crippen LogP contribution is -2.64. The van der Waals surface area contributed by atoms with Crippen LogP contribution < -0.4 is 5.73 Å². The Bertz CT molecular complexity index is 1330. The summed E-state index contributed by atoms with van der Waals surface area (Å²) < 4.78 is 0. The summed E-state index contributed by atoms with van der Waals surface area (Å²) in [7, 11) is 0. The van der Waals surface area contributed by atoms with E-state index in [4.69, 9.17) is 5.73 Å². The summed E-state index contributed by atoms with van der Waals surface area (Å²) in [5.74, 6) is 0.434. The molecule has 0 heterocycles. The zero-order valence-corrected chi connectivity index (χ0v) is 27.1. The fraction of sp³-hybridized carbons (Fsp3) is 0.757. The molecule has 0 bridgehead atoms. The van der Waals surface area contributed by atoms with Gasteiger partial charge < -0.3 is 10.8 Å². The van der Waals surface area contributed by atoms with Gasteiger partial charge >= 0.3 is 5.97 Å². The molecule has 0 aromatic carbocycles. The van der Waals surface area contributed by atoms with Gasteiger partial charge in [0.05, 0.1) is 11.3 Å². The van der Waals surface area contributed by atoms with E-state index in [1.54, 1.807) is 0 Å². The zero-order valence-electron chi connectivity index (χ0n) is 27.1. The number of aliphatic carboxylic acids is 1. The summed E-state index contributed by atoms with van der Waals surface area (Å²) in [6, 6.07) is 0. The van der Waals surface area contributed by atoms with Crippen molar-refractivity contribution in [1.82, 2.24) is 0 Å². The Balaban J connectivity index is 1.38. The summed E-state index contributed by atoms with van der Waals surface area (Å²) in [5.41, 5.74) is 10.7. The maximum absolute atomic E-state index is 13.5. The van der Waals surface area contributed by atoms with E-state index in [2.05, 4.69) is 60.6 Å². The van der Waals surface area contributed by atoms with Crippen molar-refractivity contribution < 1.29 is 19.5 Å². The van der Waals surface area contributed by atoms with E-state index < -0.39 is 11.4 Å². The first-order valence-electron chi connectivity index (χ1n) is 16.7. The van der Waals surface area contributed by atoms with Crippen LogP contribution in [0.1, 0.15) is 119 Å². The van der Waals surface area contributed by atoms with E-state index in [0.717, 1.165) is 49.7 Å². The molecule has 6 aliphatic rings. The van der Waals surface area contributed by atoms with Gasteiger partial charge in [0.15, 0.2) is 5.78 Å². The molecular weight excluding hydrogens is 522 g/mol. The Hall–Kier alpha value is -2.17. The maximum Gasteiger partial charge on any atom is 0.306 e. The second-order valence-electron chi connectivity index (χ2n) is 16.7. The lowest BCUT2D eigenvalue weighted by Gasteiger charge is -2.71. The lowest BCUT2D eigenvalue weighted by atomic mass is 9.33. The summed E-state index contributed by atoms with van der Waals surface area (Å²) in [6.07, 6.45) is 14.5. The van der Waals surface area contributed by atoms with Gasteiger partial charge in [0.2, 0.25) is 5.91 Å². The molecule has 8 atom stereocenters. The molecule has 3 fully saturated rings. The summed E-state index contributed by atoms with van der Waals surface area (Å²) in [5, 5.41) is 9.52.